The van der Waals surface area contributed by atoms with Gasteiger partial charge in [0.05, 0.1) is 19.9 Å². The average molecular weight is 308 g/mol. The maximum absolute atomic E-state index is 12.0. The van der Waals surface area contributed by atoms with Crippen molar-refractivity contribution in [3.63, 3.8) is 0 Å². The lowest BCUT2D eigenvalue weighted by Gasteiger charge is -2.21. The van der Waals surface area contributed by atoms with Crippen LogP contribution >= 0.6 is 0 Å². The molecule has 3 N–H and O–H groups in total. The highest BCUT2D eigenvalue weighted by atomic mass is 16.6. The molecule has 0 aliphatic heterocycles. The maximum atomic E-state index is 12.0. The second-order valence-corrected chi connectivity index (χ2v) is 4.50. The van der Waals surface area contributed by atoms with E-state index in [9.17, 15) is 9.59 Å². The van der Waals surface area contributed by atoms with Gasteiger partial charge in [-0.2, -0.15) is 0 Å². The van der Waals surface area contributed by atoms with Crippen LogP contribution < -0.4 is 11.2 Å². The van der Waals surface area contributed by atoms with Gasteiger partial charge in [-0.1, -0.05) is 24.3 Å². The van der Waals surface area contributed by atoms with Gasteiger partial charge in [0.15, 0.2) is 0 Å². The molecule has 0 aromatic heterocycles. The quantitative estimate of drug-likeness (QED) is 0.338. The highest BCUT2D eigenvalue weighted by Crippen LogP contribution is 2.25. The normalized spacial score (nSPS) is 12.9. The number of nitrogens with two attached hydrogens (primary N) is 1. The minimum Gasteiger partial charge on any atom is -0.466 e. The Labute approximate surface area is 129 Å². The van der Waals surface area contributed by atoms with Crippen molar-refractivity contribution < 1.29 is 23.9 Å². The van der Waals surface area contributed by atoms with Gasteiger partial charge >= 0.3 is 5.97 Å². The molecule has 1 amide bonds. The zero-order valence-corrected chi connectivity index (χ0v) is 13.0. The third-order valence-electron chi connectivity index (χ3n) is 2.94. The Morgan fingerprint density at radius 2 is 1.86 bits per heavy atom. The highest BCUT2D eigenvalue weighted by molar-refractivity contribution is 5.91. The molecule has 0 bridgehead atoms. The Hall–Kier alpha value is -2.54. The second kappa shape index (κ2) is 8.04. The first-order valence-corrected chi connectivity index (χ1v) is 6.52. The van der Waals surface area contributed by atoms with Crippen LogP contribution in [0, 0.1) is 6.92 Å². The third-order valence-corrected chi connectivity index (χ3v) is 2.94. The van der Waals surface area contributed by atoms with E-state index in [1.165, 1.54) is 21.1 Å². The van der Waals surface area contributed by atoms with Gasteiger partial charge in [-0.15, -0.1) is 0 Å². The molecule has 7 heteroatoms. The smallest absolute Gasteiger partial charge is 0.351 e. The first kappa shape index (κ1) is 17.5. The number of rotatable bonds is 7. The van der Waals surface area contributed by atoms with E-state index in [0.717, 1.165) is 5.56 Å². The molecular formula is C15H20N2O5. The minimum absolute atomic E-state index is 0.208. The van der Waals surface area contributed by atoms with E-state index >= 15 is 0 Å². The Morgan fingerprint density at radius 3 is 2.36 bits per heavy atom. The summed E-state index contributed by atoms with van der Waals surface area (Å²) in [6.45, 7) is 3.36. The molecule has 0 aliphatic rings. The second-order valence-electron chi connectivity index (χ2n) is 4.50. The van der Waals surface area contributed by atoms with Gasteiger partial charge in [-0.3, -0.25) is 15.1 Å². The third kappa shape index (κ3) is 4.23. The standard InChI is InChI=1S/C15H20N2O5/c1-9-7-5-6-8-11(9)13(15(19)20-3)22-12(14(16)18)10(2)17-21-4/h5-8,13,17H,1-4H3,(H2,16,18). The predicted molar refractivity (Wildman–Crippen MR) is 79.1 cm³/mol. The summed E-state index contributed by atoms with van der Waals surface area (Å²) in [5, 5.41) is 0. The molecule has 0 fully saturated rings. The van der Waals surface area contributed by atoms with E-state index in [1.807, 2.05) is 19.1 Å². The van der Waals surface area contributed by atoms with Gasteiger partial charge in [0.1, 0.15) is 0 Å². The number of benzene rings is 1. The molecule has 0 aliphatic carbocycles. The fourth-order valence-electron chi connectivity index (χ4n) is 1.88. The first-order valence-electron chi connectivity index (χ1n) is 6.52. The molecule has 1 aromatic carbocycles. The zero-order chi connectivity index (χ0) is 16.7. The fourth-order valence-corrected chi connectivity index (χ4v) is 1.88. The van der Waals surface area contributed by atoms with Crippen LogP contribution in [0.4, 0.5) is 0 Å². The monoisotopic (exact) mass is 308 g/mol. The van der Waals surface area contributed by atoms with Crippen LogP contribution in [-0.2, 0) is 23.9 Å². The lowest BCUT2D eigenvalue weighted by Crippen LogP contribution is -2.27. The van der Waals surface area contributed by atoms with E-state index in [4.69, 9.17) is 20.0 Å². The molecule has 0 radical (unpaired) electrons. The number of ether oxygens (including phenoxy) is 2. The Morgan fingerprint density at radius 1 is 1.23 bits per heavy atom. The minimum atomic E-state index is -1.11. The molecule has 0 saturated heterocycles. The van der Waals surface area contributed by atoms with Gasteiger partial charge in [-0.25, -0.2) is 4.79 Å². The lowest BCUT2D eigenvalue weighted by molar-refractivity contribution is -0.152. The number of esters is 1. The SMILES string of the molecule is CONC(C)=C(OC(C(=O)OC)c1ccccc1C)C(N)=O. The van der Waals surface area contributed by atoms with Gasteiger partial charge in [0, 0.05) is 5.56 Å². The van der Waals surface area contributed by atoms with Crippen molar-refractivity contribution in [3.05, 3.63) is 46.8 Å². The summed E-state index contributed by atoms with van der Waals surface area (Å²) in [4.78, 5) is 28.3. The van der Waals surface area contributed by atoms with Crippen molar-refractivity contribution in [1.82, 2.24) is 5.48 Å². The van der Waals surface area contributed by atoms with Crippen LogP contribution in [0.1, 0.15) is 24.2 Å². The van der Waals surface area contributed by atoms with E-state index in [2.05, 4.69) is 5.48 Å². The molecule has 0 heterocycles. The molecular weight excluding hydrogens is 288 g/mol. The number of allylic oxidation sites excluding steroid dienone is 1. The van der Waals surface area contributed by atoms with Crippen molar-refractivity contribution in [2.24, 2.45) is 5.73 Å². The molecule has 1 aromatic rings. The summed E-state index contributed by atoms with van der Waals surface area (Å²) >= 11 is 0. The molecule has 1 rings (SSSR count). The number of carbonyl (C=O) groups is 2. The van der Waals surface area contributed by atoms with Crippen molar-refractivity contribution in [2.75, 3.05) is 14.2 Å². The maximum Gasteiger partial charge on any atom is 0.351 e. The largest absolute Gasteiger partial charge is 0.466 e. The van der Waals surface area contributed by atoms with E-state index in [-0.39, 0.29) is 11.5 Å². The van der Waals surface area contributed by atoms with Gasteiger partial charge < -0.3 is 15.2 Å². The summed E-state index contributed by atoms with van der Waals surface area (Å²) < 4.78 is 10.3. The first-order chi connectivity index (χ1) is 10.4. The average Bonchev–Trinajstić information content (AvgIpc) is 2.48. The summed E-state index contributed by atoms with van der Waals surface area (Å²) in [6.07, 6.45) is -1.11. The fraction of sp³-hybridized carbons (Fsp3) is 0.333. The summed E-state index contributed by atoms with van der Waals surface area (Å²) in [6, 6.07) is 7.13. The summed E-state index contributed by atoms with van der Waals surface area (Å²) in [5.41, 5.74) is 9.41. The summed E-state index contributed by atoms with van der Waals surface area (Å²) in [7, 11) is 2.62. The van der Waals surface area contributed by atoms with Crippen molar-refractivity contribution in [2.45, 2.75) is 20.0 Å². The number of hydrogen-bond donors (Lipinski definition) is 2. The van der Waals surface area contributed by atoms with E-state index < -0.39 is 18.0 Å². The number of methoxy groups -OCH3 is 1. The Balaban J connectivity index is 3.24. The van der Waals surface area contributed by atoms with Crippen molar-refractivity contribution in [3.8, 4) is 0 Å². The Bertz CT molecular complexity index is 583. The number of amides is 1. The lowest BCUT2D eigenvalue weighted by atomic mass is 10.0. The molecule has 0 saturated carbocycles. The molecule has 22 heavy (non-hydrogen) atoms. The highest BCUT2D eigenvalue weighted by Gasteiger charge is 2.28. The van der Waals surface area contributed by atoms with Crippen LogP contribution in [0.2, 0.25) is 0 Å². The van der Waals surface area contributed by atoms with Gasteiger partial charge in [-0.05, 0) is 19.4 Å². The van der Waals surface area contributed by atoms with Crippen LogP contribution in [0.25, 0.3) is 0 Å². The van der Waals surface area contributed by atoms with Crippen LogP contribution in [0.5, 0.6) is 0 Å². The number of hydrogen-bond acceptors (Lipinski definition) is 6. The number of carbonyl (C=O) groups excluding carboxylic acids is 2. The van der Waals surface area contributed by atoms with E-state index in [1.54, 1.807) is 12.1 Å². The number of primary amides is 1. The van der Waals surface area contributed by atoms with Crippen LogP contribution in [-0.4, -0.2) is 26.1 Å². The Kier molecular flexibility index (Phi) is 6.40. The van der Waals surface area contributed by atoms with Gasteiger partial charge in [0.2, 0.25) is 11.9 Å². The summed E-state index contributed by atoms with van der Waals surface area (Å²) in [5.74, 6) is -1.68. The topological polar surface area (TPSA) is 99.9 Å². The van der Waals surface area contributed by atoms with E-state index in [0.29, 0.717) is 5.56 Å². The van der Waals surface area contributed by atoms with Crippen LogP contribution in [0.15, 0.2) is 35.7 Å². The van der Waals surface area contributed by atoms with Crippen molar-refractivity contribution in [1.29, 1.82) is 0 Å². The van der Waals surface area contributed by atoms with Crippen LogP contribution in [0.3, 0.4) is 0 Å². The predicted octanol–water partition coefficient (Wildman–Crippen LogP) is 1.09. The van der Waals surface area contributed by atoms with Gasteiger partial charge in [0.25, 0.3) is 5.91 Å². The molecule has 7 nitrogen and oxygen atoms in total. The molecule has 1 atom stereocenters. The number of aryl methyl sites for hydroxylation is 1. The number of hydroxylamine groups is 1. The molecule has 0 spiro atoms. The zero-order valence-electron chi connectivity index (χ0n) is 13.0. The molecule has 1 unspecified atom stereocenters. The number of nitrogens with one attached hydrogen (secondary N) is 1. The molecule has 120 valence electrons. The van der Waals surface area contributed by atoms with Crippen molar-refractivity contribution >= 4 is 11.9 Å².